The Kier molecular flexibility index (Phi) is 6.01. The van der Waals surface area contributed by atoms with E-state index in [0.29, 0.717) is 22.8 Å². The standard InChI is InChI=1S/C19H18N6O5/c1-12-18(22-23-24(12)13-5-4-6-14(11-13)25(28)29)19(27)21-15-7-2-3-8-16(15)30-10-9-17(20)26/h2-8,11H,9-10H2,1H3,(H2,20,26)(H,21,27). The molecular weight excluding hydrogens is 392 g/mol. The molecule has 0 unspecified atom stereocenters. The predicted molar refractivity (Wildman–Crippen MR) is 106 cm³/mol. The fourth-order valence-corrected chi connectivity index (χ4v) is 2.66. The number of nitro groups is 1. The Morgan fingerprint density at radius 3 is 2.73 bits per heavy atom. The number of ether oxygens (including phenoxy) is 1. The SMILES string of the molecule is Cc1c(C(=O)Nc2ccccc2OCCC(N)=O)nnn1-c1cccc([N+](=O)[O-])c1. The zero-order chi connectivity index (χ0) is 21.7. The molecule has 2 aromatic carbocycles. The number of non-ortho nitro benzene ring substituents is 1. The van der Waals surface area contributed by atoms with Crippen LogP contribution in [0.3, 0.4) is 0 Å². The van der Waals surface area contributed by atoms with Crippen LogP contribution in [0.2, 0.25) is 0 Å². The third-order valence-corrected chi connectivity index (χ3v) is 4.14. The van der Waals surface area contributed by atoms with Crippen LogP contribution in [0.5, 0.6) is 5.75 Å². The molecule has 11 heteroatoms. The van der Waals surface area contributed by atoms with Crippen molar-refractivity contribution in [2.24, 2.45) is 5.73 Å². The minimum Gasteiger partial charge on any atom is -0.491 e. The van der Waals surface area contributed by atoms with Crippen LogP contribution in [0.1, 0.15) is 22.6 Å². The Balaban J connectivity index is 1.80. The molecule has 0 fully saturated rings. The van der Waals surface area contributed by atoms with E-state index in [9.17, 15) is 19.7 Å². The van der Waals surface area contributed by atoms with Crippen LogP contribution >= 0.6 is 0 Å². The molecule has 0 atom stereocenters. The van der Waals surface area contributed by atoms with Gasteiger partial charge in [-0.3, -0.25) is 19.7 Å². The molecule has 30 heavy (non-hydrogen) atoms. The number of amides is 2. The average Bonchev–Trinajstić information content (AvgIpc) is 3.10. The van der Waals surface area contributed by atoms with Gasteiger partial charge in [0.25, 0.3) is 11.6 Å². The highest BCUT2D eigenvalue weighted by molar-refractivity contribution is 6.04. The number of nitrogens with one attached hydrogen (secondary N) is 1. The minimum atomic E-state index is -0.532. The second-order valence-corrected chi connectivity index (χ2v) is 6.23. The number of rotatable bonds is 8. The van der Waals surface area contributed by atoms with Gasteiger partial charge >= 0.3 is 0 Å². The Bertz CT molecular complexity index is 1110. The largest absolute Gasteiger partial charge is 0.491 e. The second-order valence-electron chi connectivity index (χ2n) is 6.23. The molecule has 3 N–H and O–H groups in total. The number of aromatic nitrogens is 3. The number of benzene rings is 2. The summed E-state index contributed by atoms with van der Waals surface area (Å²) in [6.45, 7) is 1.70. The highest BCUT2D eigenvalue weighted by atomic mass is 16.6. The number of carbonyl (C=O) groups excluding carboxylic acids is 2. The van der Waals surface area contributed by atoms with Crippen molar-refractivity contribution < 1.29 is 19.2 Å². The third-order valence-electron chi connectivity index (χ3n) is 4.14. The Morgan fingerprint density at radius 2 is 2.00 bits per heavy atom. The number of nitrogens with zero attached hydrogens (tertiary/aromatic N) is 4. The van der Waals surface area contributed by atoms with Crippen molar-refractivity contribution in [3.63, 3.8) is 0 Å². The van der Waals surface area contributed by atoms with Crippen LogP contribution in [0.25, 0.3) is 5.69 Å². The first kappa shape index (κ1) is 20.5. The van der Waals surface area contributed by atoms with Gasteiger partial charge in [0.2, 0.25) is 5.91 Å². The summed E-state index contributed by atoms with van der Waals surface area (Å²) >= 11 is 0. The predicted octanol–water partition coefficient (Wildman–Crippen LogP) is 1.99. The van der Waals surface area contributed by atoms with Gasteiger partial charge in [-0.2, -0.15) is 0 Å². The monoisotopic (exact) mass is 410 g/mol. The average molecular weight is 410 g/mol. The number of para-hydroxylation sites is 2. The summed E-state index contributed by atoms with van der Waals surface area (Å²) < 4.78 is 6.85. The molecule has 3 aromatic rings. The van der Waals surface area contributed by atoms with Gasteiger partial charge in [0.15, 0.2) is 5.69 Å². The number of hydrogen-bond donors (Lipinski definition) is 2. The number of nitrogens with two attached hydrogens (primary N) is 1. The van der Waals surface area contributed by atoms with E-state index in [4.69, 9.17) is 10.5 Å². The maximum absolute atomic E-state index is 12.7. The van der Waals surface area contributed by atoms with Gasteiger partial charge in [0.05, 0.1) is 35.0 Å². The molecule has 1 aromatic heterocycles. The number of primary amides is 1. The molecule has 0 aliphatic carbocycles. The summed E-state index contributed by atoms with van der Waals surface area (Å²) in [5, 5.41) is 21.5. The van der Waals surface area contributed by atoms with Gasteiger partial charge in [-0.15, -0.1) is 5.10 Å². The van der Waals surface area contributed by atoms with Crippen molar-refractivity contribution in [2.45, 2.75) is 13.3 Å². The first-order valence-electron chi connectivity index (χ1n) is 8.85. The summed E-state index contributed by atoms with van der Waals surface area (Å²) in [5.74, 6) is -0.657. The first-order chi connectivity index (χ1) is 14.4. The molecule has 3 rings (SSSR count). The third kappa shape index (κ3) is 4.58. The van der Waals surface area contributed by atoms with E-state index in [1.54, 1.807) is 37.3 Å². The van der Waals surface area contributed by atoms with Crippen LogP contribution in [-0.2, 0) is 4.79 Å². The smallest absolute Gasteiger partial charge is 0.278 e. The fraction of sp³-hybridized carbons (Fsp3) is 0.158. The van der Waals surface area contributed by atoms with Crippen molar-refractivity contribution in [1.29, 1.82) is 0 Å². The zero-order valence-corrected chi connectivity index (χ0v) is 15.9. The molecule has 2 amide bonds. The van der Waals surface area contributed by atoms with E-state index in [-0.39, 0.29) is 24.4 Å². The van der Waals surface area contributed by atoms with Gasteiger partial charge in [0, 0.05) is 12.1 Å². The summed E-state index contributed by atoms with van der Waals surface area (Å²) in [5.41, 5.74) is 6.24. The van der Waals surface area contributed by atoms with Crippen LogP contribution in [0.15, 0.2) is 48.5 Å². The Hall–Kier alpha value is -4.28. The van der Waals surface area contributed by atoms with Crippen LogP contribution < -0.4 is 15.8 Å². The summed E-state index contributed by atoms with van der Waals surface area (Å²) in [6, 6.07) is 12.6. The molecule has 0 saturated carbocycles. The van der Waals surface area contributed by atoms with Gasteiger partial charge in [-0.1, -0.05) is 23.4 Å². The lowest BCUT2D eigenvalue weighted by Crippen LogP contribution is -2.17. The van der Waals surface area contributed by atoms with E-state index in [1.807, 2.05) is 0 Å². The molecule has 0 bridgehead atoms. The first-order valence-corrected chi connectivity index (χ1v) is 8.85. The van der Waals surface area contributed by atoms with Crippen LogP contribution in [0.4, 0.5) is 11.4 Å². The van der Waals surface area contributed by atoms with Gasteiger partial charge in [-0.05, 0) is 25.1 Å². The number of nitro benzene ring substituents is 1. The molecule has 0 radical (unpaired) electrons. The van der Waals surface area contributed by atoms with E-state index < -0.39 is 16.7 Å². The lowest BCUT2D eigenvalue weighted by molar-refractivity contribution is -0.384. The van der Waals surface area contributed by atoms with Crippen molar-refractivity contribution in [2.75, 3.05) is 11.9 Å². The zero-order valence-electron chi connectivity index (χ0n) is 15.9. The molecule has 11 nitrogen and oxygen atoms in total. The van der Waals surface area contributed by atoms with Crippen molar-refractivity contribution in [3.05, 3.63) is 70.0 Å². The molecule has 1 heterocycles. The normalized spacial score (nSPS) is 10.4. The number of hydrogen-bond acceptors (Lipinski definition) is 7. The Morgan fingerprint density at radius 1 is 1.23 bits per heavy atom. The lowest BCUT2D eigenvalue weighted by atomic mass is 10.2. The van der Waals surface area contributed by atoms with Crippen molar-refractivity contribution in [3.8, 4) is 11.4 Å². The number of anilines is 1. The van der Waals surface area contributed by atoms with E-state index in [2.05, 4.69) is 15.6 Å². The molecule has 0 aliphatic rings. The lowest BCUT2D eigenvalue weighted by Gasteiger charge is -2.11. The maximum atomic E-state index is 12.7. The van der Waals surface area contributed by atoms with E-state index in [0.717, 1.165) is 0 Å². The highest BCUT2D eigenvalue weighted by Gasteiger charge is 2.19. The molecular formula is C19H18N6O5. The van der Waals surface area contributed by atoms with Crippen LogP contribution in [0, 0.1) is 17.0 Å². The minimum absolute atomic E-state index is 0.0406. The molecule has 154 valence electrons. The molecule has 0 spiro atoms. The fourth-order valence-electron chi connectivity index (χ4n) is 2.66. The summed E-state index contributed by atoms with van der Waals surface area (Å²) in [4.78, 5) is 34.1. The maximum Gasteiger partial charge on any atom is 0.278 e. The highest BCUT2D eigenvalue weighted by Crippen LogP contribution is 2.25. The van der Waals surface area contributed by atoms with Gasteiger partial charge in [0.1, 0.15) is 5.75 Å². The van der Waals surface area contributed by atoms with Crippen molar-refractivity contribution >= 4 is 23.2 Å². The van der Waals surface area contributed by atoms with E-state index >= 15 is 0 Å². The summed E-state index contributed by atoms with van der Waals surface area (Å²) in [6.07, 6.45) is 0.0406. The van der Waals surface area contributed by atoms with Crippen molar-refractivity contribution in [1.82, 2.24) is 15.0 Å². The van der Waals surface area contributed by atoms with E-state index in [1.165, 1.54) is 22.9 Å². The number of carbonyl (C=O) groups is 2. The van der Waals surface area contributed by atoms with Gasteiger partial charge in [-0.25, -0.2) is 4.68 Å². The van der Waals surface area contributed by atoms with Crippen LogP contribution in [-0.4, -0.2) is 38.3 Å². The quantitative estimate of drug-likeness (QED) is 0.425. The summed E-state index contributed by atoms with van der Waals surface area (Å²) in [7, 11) is 0. The Labute approximate surface area is 170 Å². The second kappa shape index (κ2) is 8.82. The topological polar surface area (TPSA) is 155 Å². The molecule has 0 saturated heterocycles. The van der Waals surface area contributed by atoms with Gasteiger partial charge < -0.3 is 15.8 Å². The molecule has 0 aliphatic heterocycles.